The molecule has 0 aliphatic heterocycles. The summed E-state index contributed by atoms with van der Waals surface area (Å²) in [6, 6.07) is 19.2. The van der Waals surface area contributed by atoms with Crippen molar-refractivity contribution in [3.8, 4) is 28.8 Å². The van der Waals surface area contributed by atoms with E-state index in [1.54, 1.807) is 38.3 Å². The van der Waals surface area contributed by atoms with E-state index in [2.05, 4.69) is 15.4 Å². The van der Waals surface area contributed by atoms with Crippen LogP contribution in [0.3, 0.4) is 0 Å². The van der Waals surface area contributed by atoms with Crippen LogP contribution in [0.1, 0.15) is 24.5 Å². The molecule has 37 heavy (non-hydrogen) atoms. The van der Waals surface area contributed by atoms with Gasteiger partial charge in [0, 0.05) is 24.1 Å². The number of nitrogens with zero attached hydrogens (tertiary/aromatic N) is 3. The first-order valence-electron chi connectivity index (χ1n) is 11.6. The van der Waals surface area contributed by atoms with E-state index in [0.717, 1.165) is 23.4 Å². The van der Waals surface area contributed by atoms with E-state index in [0.29, 0.717) is 24.2 Å². The first-order valence-corrected chi connectivity index (χ1v) is 11.6. The average molecular weight is 511 g/mol. The Bertz CT molecular complexity index is 1350. The number of aromatic nitrogens is 3. The number of carbonyl (C=O) groups excluding carboxylic acids is 1. The molecule has 4 rings (SSSR count). The SMILES string of the molecule is CCC(=O)Nc1ccc(-n2nc(OCCc3ccc(OC)cc3)nc2-c2cccc(C(F)(F)F)c2)cc1. The summed E-state index contributed by atoms with van der Waals surface area (Å²) in [5.74, 6) is 0.803. The number of hydrogen-bond donors (Lipinski definition) is 1. The Morgan fingerprint density at radius 3 is 2.41 bits per heavy atom. The molecule has 192 valence electrons. The summed E-state index contributed by atoms with van der Waals surface area (Å²) >= 11 is 0. The van der Waals surface area contributed by atoms with Crippen molar-refractivity contribution in [1.82, 2.24) is 14.8 Å². The molecule has 1 aromatic heterocycles. The quantitative estimate of drug-likeness (QED) is 0.302. The van der Waals surface area contributed by atoms with Crippen LogP contribution >= 0.6 is 0 Å². The number of rotatable bonds is 9. The molecule has 7 nitrogen and oxygen atoms in total. The van der Waals surface area contributed by atoms with Gasteiger partial charge in [0.15, 0.2) is 5.82 Å². The maximum atomic E-state index is 13.4. The number of alkyl halides is 3. The van der Waals surface area contributed by atoms with Gasteiger partial charge in [-0.1, -0.05) is 31.2 Å². The van der Waals surface area contributed by atoms with Gasteiger partial charge in [0.25, 0.3) is 0 Å². The molecule has 1 heterocycles. The van der Waals surface area contributed by atoms with Gasteiger partial charge < -0.3 is 14.8 Å². The van der Waals surface area contributed by atoms with Crippen molar-refractivity contribution in [3.63, 3.8) is 0 Å². The molecular weight excluding hydrogens is 485 g/mol. The lowest BCUT2D eigenvalue weighted by atomic mass is 10.1. The highest BCUT2D eigenvalue weighted by Gasteiger charge is 2.31. The van der Waals surface area contributed by atoms with Gasteiger partial charge in [0.1, 0.15) is 5.75 Å². The number of anilines is 1. The molecule has 0 saturated heterocycles. The third-order valence-electron chi connectivity index (χ3n) is 5.53. The Morgan fingerprint density at radius 2 is 1.76 bits per heavy atom. The standard InChI is InChI=1S/C27H25F3N4O3/c1-3-24(35)31-21-9-11-22(12-10-21)34-25(19-5-4-6-20(17-19)27(28,29)30)32-26(33-34)37-16-15-18-7-13-23(36-2)14-8-18/h4-14,17H,3,15-16H2,1-2H3,(H,31,35). The molecular formula is C27H25F3N4O3. The third kappa shape index (κ3) is 6.46. The van der Waals surface area contributed by atoms with E-state index in [9.17, 15) is 18.0 Å². The number of ether oxygens (including phenoxy) is 2. The maximum Gasteiger partial charge on any atom is 0.416 e. The van der Waals surface area contributed by atoms with Gasteiger partial charge in [0.05, 0.1) is 25.0 Å². The number of methoxy groups -OCH3 is 1. The van der Waals surface area contributed by atoms with Crippen molar-refractivity contribution in [3.05, 3.63) is 83.9 Å². The fraction of sp³-hybridized carbons (Fsp3) is 0.222. The monoisotopic (exact) mass is 510 g/mol. The predicted molar refractivity (Wildman–Crippen MR) is 133 cm³/mol. The van der Waals surface area contributed by atoms with E-state index in [1.807, 2.05) is 24.3 Å². The third-order valence-corrected chi connectivity index (χ3v) is 5.53. The summed E-state index contributed by atoms with van der Waals surface area (Å²) < 4.78 is 52.4. The van der Waals surface area contributed by atoms with Gasteiger partial charge in [-0.15, -0.1) is 5.10 Å². The highest BCUT2D eigenvalue weighted by molar-refractivity contribution is 5.90. The smallest absolute Gasteiger partial charge is 0.416 e. The summed E-state index contributed by atoms with van der Waals surface area (Å²) in [5, 5.41) is 7.16. The van der Waals surface area contributed by atoms with Crippen LogP contribution in [0, 0.1) is 0 Å². The highest BCUT2D eigenvalue weighted by atomic mass is 19.4. The van der Waals surface area contributed by atoms with E-state index in [4.69, 9.17) is 9.47 Å². The van der Waals surface area contributed by atoms with Crippen molar-refractivity contribution in [2.75, 3.05) is 19.0 Å². The second kappa shape index (κ2) is 11.2. The summed E-state index contributed by atoms with van der Waals surface area (Å²) in [7, 11) is 1.59. The molecule has 1 amide bonds. The largest absolute Gasteiger partial charge is 0.497 e. The number of halogens is 3. The summed E-state index contributed by atoms with van der Waals surface area (Å²) in [6.07, 6.45) is -3.59. The summed E-state index contributed by atoms with van der Waals surface area (Å²) in [6.45, 7) is 2.01. The lowest BCUT2D eigenvalue weighted by Gasteiger charge is -2.10. The molecule has 0 unspecified atom stereocenters. The Balaban J connectivity index is 1.62. The molecule has 10 heteroatoms. The Morgan fingerprint density at radius 1 is 1.03 bits per heavy atom. The van der Waals surface area contributed by atoms with Gasteiger partial charge in [-0.25, -0.2) is 4.68 Å². The molecule has 0 radical (unpaired) electrons. The van der Waals surface area contributed by atoms with Crippen LogP contribution in [0.15, 0.2) is 72.8 Å². The van der Waals surface area contributed by atoms with Gasteiger partial charge in [-0.05, 0) is 54.1 Å². The molecule has 0 atom stereocenters. The zero-order valence-corrected chi connectivity index (χ0v) is 20.2. The van der Waals surface area contributed by atoms with Gasteiger partial charge in [-0.3, -0.25) is 4.79 Å². The average Bonchev–Trinajstić information content (AvgIpc) is 3.33. The van der Waals surface area contributed by atoms with E-state index in [1.165, 1.54) is 16.8 Å². The molecule has 0 spiro atoms. The summed E-state index contributed by atoms with van der Waals surface area (Å²) in [5.41, 5.74) is 1.59. The van der Waals surface area contributed by atoms with E-state index >= 15 is 0 Å². The van der Waals surface area contributed by atoms with Crippen LogP contribution in [0.5, 0.6) is 11.8 Å². The lowest BCUT2D eigenvalue weighted by Crippen LogP contribution is -2.09. The number of amides is 1. The summed E-state index contributed by atoms with van der Waals surface area (Å²) in [4.78, 5) is 16.1. The Labute approximate surface area is 211 Å². The minimum absolute atomic E-state index is 0.0317. The fourth-order valence-electron chi connectivity index (χ4n) is 3.54. The molecule has 1 N–H and O–H groups in total. The first-order chi connectivity index (χ1) is 17.8. The number of benzene rings is 3. The second-order valence-corrected chi connectivity index (χ2v) is 8.10. The molecule has 4 aromatic rings. The van der Waals surface area contributed by atoms with Crippen molar-refractivity contribution in [2.45, 2.75) is 25.9 Å². The van der Waals surface area contributed by atoms with Crippen LogP contribution in [-0.4, -0.2) is 34.4 Å². The van der Waals surface area contributed by atoms with Gasteiger partial charge >= 0.3 is 12.2 Å². The van der Waals surface area contributed by atoms with E-state index < -0.39 is 11.7 Å². The molecule has 0 fully saturated rings. The Hall–Kier alpha value is -4.34. The molecule has 0 aliphatic carbocycles. The molecule has 0 bridgehead atoms. The van der Waals surface area contributed by atoms with Crippen LogP contribution in [0.4, 0.5) is 18.9 Å². The normalized spacial score (nSPS) is 11.3. The van der Waals surface area contributed by atoms with Crippen LogP contribution in [0.25, 0.3) is 17.1 Å². The van der Waals surface area contributed by atoms with E-state index in [-0.39, 0.29) is 29.9 Å². The van der Waals surface area contributed by atoms with Crippen molar-refractivity contribution < 1.29 is 27.4 Å². The number of hydrogen-bond acceptors (Lipinski definition) is 5. The minimum Gasteiger partial charge on any atom is -0.497 e. The van der Waals surface area contributed by atoms with Crippen LogP contribution in [0.2, 0.25) is 0 Å². The predicted octanol–water partition coefficient (Wildman–Crippen LogP) is 5.93. The van der Waals surface area contributed by atoms with Crippen LogP contribution in [-0.2, 0) is 17.4 Å². The van der Waals surface area contributed by atoms with Crippen molar-refractivity contribution >= 4 is 11.6 Å². The number of nitrogens with one attached hydrogen (secondary N) is 1. The lowest BCUT2D eigenvalue weighted by molar-refractivity contribution is -0.137. The first kappa shape index (κ1) is 25.7. The molecule has 0 saturated carbocycles. The maximum absolute atomic E-state index is 13.4. The zero-order chi connectivity index (χ0) is 26.4. The van der Waals surface area contributed by atoms with Crippen LogP contribution < -0.4 is 14.8 Å². The van der Waals surface area contributed by atoms with Gasteiger partial charge in [-0.2, -0.15) is 18.2 Å². The Kier molecular flexibility index (Phi) is 7.76. The van der Waals surface area contributed by atoms with Crippen molar-refractivity contribution in [2.24, 2.45) is 0 Å². The zero-order valence-electron chi connectivity index (χ0n) is 20.2. The topological polar surface area (TPSA) is 78.3 Å². The molecule has 0 aliphatic rings. The highest BCUT2D eigenvalue weighted by Crippen LogP contribution is 2.33. The molecule has 3 aromatic carbocycles. The van der Waals surface area contributed by atoms with Crippen molar-refractivity contribution in [1.29, 1.82) is 0 Å². The fourth-order valence-corrected chi connectivity index (χ4v) is 3.54. The van der Waals surface area contributed by atoms with Gasteiger partial charge in [0.2, 0.25) is 5.91 Å². The number of carbonyl (C=O) groups is 1. The minimum atomic E-state index is -4.50. The second-order valence-electron chi connectivity index (χ2n) is 8.10.